The van der Waals surface area contributed by atoms with Crippen molar-refractivity contribution in [1.82, 2.24) is 0 Å². The fourth-order valence-electron chi connectivity index (χ4n) is 1.11. The molecule has 0 amide bonds. The van der Waals surface area contributed by atoms with Gasteiger partial charge in [0, 0.05) is 5.57 Å². The van der Waals surface area contributed by atoms with Crippen molar-refractivity contribution in [3.8, 4) is 0 Å². The average Bonchev–Trinajstić information content (AvgIpc) is 2.24. The van der Waals surface area contributed by atoms with Crippen molar-refractivity contribution < 1.29 is 19.8 Å². The fraction of sp³-hybridized carbons (Fsp3) is 0.692. The third-order valence-corrected chi connectivity index (χ3v) is 2.12. The quantitative estimate of drug-likeness (QED) is 0.506. The Morgan fingerprint density at radius 1 is 0.941 bits per heavy atom. The lowest BCUT2D eigenvalue weighted by Gasteiger charge is -1.93. The van der Waals surface area contributed by atoms with E-state index in [1.807, 2.05) is 0 Å². The highest BCUT2D eigenvalue weighted by Crippen LogP contribution is 2.03. The smallest absolute Gasteiger partial charge is 0.331 e. The number of aliphatic carboxylic acids is 2. The van der Waals surface area contributed by atoms with Gasteiger partial charge in [-0.15, -0.1) is 0 Å². The van der Waals surface area contributed by atoms with Gasteiger partial charge < -0.3 is 10.2 Å². The van der Waals surface area contributed by atoms with E-state index in [0.29, 0.717) is 0 Å². The number of hydrogen-bond acceptors (Lipinski definition) is 2. The summed E-state index contributed by atoms with van der Waals surface area (Å²) < 4.78 is 0. The maximum absolute atomic E-state index is 9.87. The molecule has 0 atom stereocenters. The molecule has 0 rings (SSSR count). The summed E-state index contributed by atoms with van der Waals surface area (Å²) in [7, 11) is 0. The molecule has 0 aliphatic heterocycles. The summed E-state index contributed by atoms with van der Waals surface area (Å²) in [5, 5.41) is 16.1. The average molecular weight is 244 g/mol. The minimum atomic E-state index is -1.27. The lowest BCUT2D eigenvalue weighted by molar-refractivity contribution is -0.139. The molecule has 0 radical (unpaired) electrons. The number of carbonyl (C=O) groups is 2. The summed E-state index contributed by atoms with van der Waals surface area (Å²) >= 11 is 0. The molecule has 0 bridgehead atoms. The molecule has 0 unspecified atom stereocenters. The highest BCUT2D eigenvalue weighted by molar-refractivity contribution is 5.91. The Hall–Kier alpha value is -1.32. The van der Waals surface area contributed by atoms with E-state index in [1.54, 1.807) is 0 Å². The second-order valence-electron chi connectivity index (χ2n) is 3.89. The molecule has 4 nitrogen and oxygen atoms in total. The van der Waals surface area contributed by atoms with Crippen molar-refractivity contribution in [3.05, 3.63) is 12.2 Å². The van der Waals surface area contributed by atoms with Crippen LogP contribution in [-0.2, 0) is 9.59 Å². The van der Waals surface area contributed by atoms with Crippen molar-refractivity contribution in [2.45, 2.75) is 58.8 Å². The van der Waals surface area contributed by atoms with Crippen LogP contribution in [0.1, 0.15) is 58.8 Å². The largest absolute Gasteiger partial charge is 0.481 e. The van der Waals surface area contributed by atoms with Crippen LogP contribution < -0.4 is 0 Å². The van der Waals surface area contributed by atoms with Crippen LogP contribution in [-0.4, -0.2) is 22.2 Å². The molecular formula is C13H24O4. The van der Waals surface area contributed by atoms with Crippen molar-refractivity contribution in [3.63, 3.8) is 0 Å². The Labute approximate surface area is 103 Å². The van der Waals surface area contributed by atoms with Crippen LogP contribution >= 0.6 is 0 Å². The van der Waals surface area contributed by atoms with Gasteiger partial charge in [0.1, 0.15) is 0 Å². The first-order chi connectivity index (χ1) is 7.95. The van der Waals surface area contributed by atoms with Gasteiger partial charge in [-0.05, 0) is 0 Å². The van der Waals surface area contributed by atoms with E-state index in [2.05, 4.69) is 20.4 Å². The second-order valence-corrected chi connectivity index (χ2v) is 3.89. The fourth-order valence-corrected chi connectivity index (χ4v) is 1.11. The normalized spacial score (nSPS) is 9.06. The maximum atomic E-state index is 9.87. The van der Waals surface area contributed by atoms with Crippen molar-refractivity contribution in [2.75, 3.05) is 0 Å². The Balaban J connectivity index is 0. The van der Waals surface area contributed by atoms with Gasteiger partial charge in [-0.1, -0.05) is 59.0 Å². The number of carboxylic acids is 2. The first kappa shape index (κ1) is 18.1. The van der Waals surface area contributed by atoms with Crippen LogP contribution in [0.4, 0.5) is 0 Å². The number of carboxylic acid groups (broad SMARTS) is 2. The molecule has 0 aliphatic rings. The maximum Gasteiger partial charge on any atom is 0.331 e. The third-order valence-electron chi connectivity index (χ3n) is 2.12. The standard InChI is InChI=1S/C8H18.C5H6O4/c1-3-5-7-8-6-4-2;1-3(5(8)9)2-4(6)7/h3-8H2,1-2H3;1-2H2,(H,6,7)(H,8,9). The minimum absolute atomic E-state index is 0.303. The predicted molar refractivity (Wildman–Crippen MR) is 68.1 cm³/mol. The first-order valence-corrected chi connectivity index (χ1v) is 6.08. The first-order valence-electron chi connectivity index (χ1n) is 6.08. The van der Waals surface area contributed by atoms with Gasteiger partial charge in [-0.2, -0.15) is 0 Å². The monoisotopic (exact) mass is 244 g/mol. The Morgan fingerprint density at radius 3 is 1.53 bits per heavy atom. The van der Waals surface area contributed by atoms with Crippen molar-refractivity contribution >= 4 is 11.9 Å². The topological polar surface area (TPSA) is 74.6 Å². The van der Waals surface area contributed by atoms with E-state index in [0.717, 1.165) is 0 Å². The summed E-state index contributed by atoms with van der Waals surface area (Å²) in [5.74, 6) is -2.44. The predicted octanol–water partition coefficient (Wildman–Crippen LogP) is 3.47. The Kier molecular flexibility index (Phi) is 13.5. The number of hydrogen-bond donors (Lipinski definition) is 2. The molecule has 17 heavy (non-hydrogen) atoms. The molecule has 0 aromatic heterocycles. The van der Waals surface area contributed by atoms with Gasteiger partial charge in [0.15, 0.2) is 0 Å². The van der Waals surface area contributed by atoms with Crippen molar-refractivity contribution in [1.29, 1.82) is 0 Å². The van der Waals surface area contributed by atoms with E-state index in [4.69, 9.17) is 10.2 Å². The molecule has 0 heterocycles. The van der Waals surface area contributed by atoms with Gasteiger partial charge in [0.25, 0.3) is 0 Å². The van der Waals surface area contributed by atoms with Crippen LogP contribution in [0.3, 0.4) is 0 Å². The zero-order chi connectivity index (χ0) is 13.7. The summed E-state index contributed by atoms with van der Waals surface area (Å²) in [6.45, 7) is 7.53. The second kappa shape index (κ2) is 12.7. The Bertz CT molecular complexity index is 228. The van der Waals surface area contributed by atoms with Gasteiger partial charge in [-0.25, -0.2) is 4.79 Å². The number of unbranched alkanes of at least 4 members (excludes halogenated alkanes) is 5. The molecule has 0 aromatic carbocycles. The molecule has 0 aromatic rings. The zero-order valence-electron chi connectivity index (χ0n) is 10.9. The van der Waals surface area contributed by atoms with Crippen LogP contribution in [0.2, 0.25) is 0 Å². The lowest BCUT2D eigenvalue weighted by atomic mass is 10.1. The van der Waals surface area contributed by atoms with Crippen LogP contribution in [0.15, 0.2) is 12.2 Å². The SMILES string of the molecule is C=C(CC(=O)O)C(=O)O.CCCCCCCC. The highest BCUT2D eigenvalue weighted by Gasteiger charge is 2.07. The van der Waals surface area contributed by atoms with E-state index < -0.39 is 18.4 Å². The molecule has 0 aliphatic carbocycles. The Morgan fingerprint density at radius 2 is 1.35 bits per heavy atom. The lowest BCUT2D eigenvalue weighted by Crippen LogP contribution is -2.04. The summed E-state index contributed by atoms with van der Waals surface area (Å²) in [4.78, 5) is 19.7. The van der Waals surface area contributed by atoms with Gasteiger partial charge in [0.2, 0.25) is 0 Å². The van der Waals surface area contributed by atoms with E-state index in [-0.39, 0.29) is 5.57 Å². The molecular weight excluding hydrogens is 220 g/mol. The highest BCUT2D eigenvalue weighted by atomic mass is 16.4. The van der Waals surface area contributed by atoms with Gasteiger partial charge in [0.05, 0.1) is 6.42 Å². The van der Waals surface area contributed by atoms with Crippen LogP contribution in [0.5, 0.6) is 0 Å². The zero-order valence-corrected chi connectivity index (χ0v) is 10.9. The van der Waals surface area contributed by atoms with Crippen molar-refractivity contribution in [2.24, 2.45) is 0 Å². The molecule has 0 saturated carbocycles. The van der Waals surface area contributed by atoms with Gasteiger partial charge in [-0.3, -0.25) is 4.79 Å². The van der Waals surface area contributed by atoms with Crippen LogP contribution in [0.25, 0.3) is 0 Å². The summed E-state index contributed by atoms with van der Waals surface area (Å²) in [5.41, 5.74) is -0.303. The molecule has 0 fully saturated rings. The molecule has 2 N–H and O–H groups in total. The number of rotatable bonds is 8. The van der Waals surface area contributed by atoms with E-state index >= 15 is 0 Å². The molecule has 4 heteroatoms. The third kappa shape index (κ3) is 17.3. The van der Waals surface area contributed by atoms with E-state index in [1.165, 1.54) is 38.5 Å². The summed E-state index contributed by atoms with van der Waals surface area (Å²) in [6.07, 6.45) is 7.98. The molecule has 100 valence electrons. The summed E-state index contributed by atoms with van der Waals surface area (Å²) in [6, 6.07) is 0. The minimum Gasteiger partial charge on any atom is -0.481 e. The van der Waals surface area contributed by atoms with E-state index in [9.17, 15) is 9.59 Å². The van der Waals surface area contributed by atoms with Gasteiger partial charge >= 0.3 is 11.9 Å². The molecule has 0 saturated heterocycles. The molecule has 0 spiro atoms. The van der Waals surface area contributed by atoms with Crippen LogP contribution in [0, 0.1) is 0 Å².